The van der Waals surface area contributed by atoms with Crippen molar-refractivity contribution in [3.05, 3.63) is 72.3 Å². The van der Waals surface area contributed by atoms with Gasteiger partial charge in [-0.05, 0) is 63.1 Å². The average Bonchev–Trinajstić information content (AvgIpc) is 3.30. The first-order chi connectivity index (χ1) is 18.6. The van der Waals surface area contributed by atoms with Crippen molar-refractivity contribution in [2.75, 3.05) is 12.3 Å². The molecule has 7 nitrogen and oxygen atoms in total. The minimum absolute atomic E-state index is 0.249. The summed E-state index contributed by atoms with van der Waals surface area (Å²) in [5.74, 6) is -0.691. The highest BCUT2D eigenvalue weighted by Gasteiger charge is 2.51. The first-order valence-electron chi connectivity index (χ1n) is 13.6. The Morgan fingerprint density at radius 3 is 2.38 bits per heavy atom. The predicted octanol–water partition coefficient (Wildman–Crippen LogP) is 5.99. The second-order valence-electron chi connectivity index (χ2n) is 11.2. The van der Waals surface area contributed by atoms with Crippen LogP contribution in [-0.2, 0) is 19.1 Å². The van der Waals surface area contributed by atoms with Gasteiger partial charge in [0.25, 0.3) is 0 Å². The number of allylic oxidation sites excluding steroid dienone is 1. The van der Waals surface area contributed by atoms with Crippen LogP contribution < -0.4 is 5.32 Å². The maximum Gasteiger partial charge on any atom is 0.408 e. The molecule has 4 rings (SSSR count). The van der Waals surface area contributed by atoms with Gasteiger partial charge in [0.05, 0.1) is 4.75 Å². The Balaban J connectivity index is 1.67. The molecule has 0 aromatic heterocycles. The molecule has 8 heteroatoms. The van der Waals surface area contributed by atoms with Crippen LogP contribution in [0.15, 0.2) is 66.7 Å². The number of ether oxygens (including phenoxy) is 1. The van der Waals surface area contributed by atoms with E-state index in [4.69, 9.17) is 4.74 Å². The normalized spacial score (nSPS) is 25.1. The van der Waals surface area contributed by atoms with Gasteiger partial charge in [-0.25, -0.2) is 9.59 Å². The molecule has 0 unspecified atom stereocenters. The topological polar surface area (TPSA) is 95.9 Å². The number of carbonyl (C=O) groups is 3. The summed E-state index contributed by atoms with van der Waals surface area (Å²) in [5.41, 5.74) is 2.46. The van der Waals surface area contributed by atoms with Crippen molar-refractivity contribution in [3.8, 4) is 11.1 Å². The first kappa shape index (κ1) is 28.7. The van der Waals surface area contributed by atoms with Crippen LogP contribution >= 0.6 is 11.8 Å². The van der Waals surface area contributed by atoms with E-state index in [0.29, 0.717) is 12.2 Å². The van der Waals surface area contributed by atoms with Crippen molar-refractivity contribution in [1.82, 2.24) is 10.2 Å². The van der Waals surface area contributed by atoms with Gasteiger partial charge < -0.3 is 20.1 Å². The number of hydrogen-bond donors (Lipinski definition) is 2. The van der Waals surface area contributed by atoms with Gasteiger partial charge in [0.2, 0.25) is 5.91 Å². The van der Waals surface area contributed by atoms with Crippen LogP contribution in [0.25, 0.3) is 11.1 Å². The summed E-state index contributed by atoms with van der Waals surface area (Å²) in [5, 5.41) is 12.9. The lowest BCUT2D eigenvalue weighted by atomic mass is 9.93. The van der Waals surface area contributed by atoms with E-state index in [1.54, 1.807) is 32.5 Å². The van der Waals surface area contributed by atoms with Gasteiger partial charge in [0.15, 0.2) is 0 Å². The minimum Gasteiger partial charge on any atom is -0.480 e. The summed E-state index contributed by atoms with van der Waals surface area (Å²) < 4.78 is 4.83. The number of amides is 2. The summed E-state index contributed by atoms with van der Waals surface area (Å²) in [6.45, 7) is 5.54. The molecule has 0 saturated carbocycles. The highest BCUT2D eigenvalue weighted by atomic mass is 32.2. The molecule has 0 spiro atoms. The molecule has 208 valence electrons. The standard InChI is InChI=1S/C31H38N2O5S/c1-30(2,3)38-29(37)32-25-14-10-5-4-6-11-19-39-31(20-26(28(35)36)33(21-31)27(25)34)24-17-15-23(16-18-24)22-12-8-7-9-13-22/h6-9,11-13,15-18,25-26H,4-5,10,14,19-21H2,1-3H3,(H,32,37)(H,35,36)/b11-6-/t25-,26-,31-/m0/s1. The van der Waals surface area contributed by atoms with Crippen LogP contribution in [0.1, 0.15) is 58.4 Å². The monoisotopic (exact) mass is 550 g/mol. The lowest BCUT2D eigenvalue weighted by Gasteiger charge is -2.31. The third-order valence-electron chi connectivity index (χ3n) is 7.14. The molecule has 2 aromatic carbocycles. The van der Waals surface area contributed by atoms with E-state index in [-0.39, 0.29) is 18.9 Å². The van der Waals surface area contributed by atoms with Gasteiger partial charge in [-0.15, -0.1) is 11.8 Å². The Hall–Kier alpha value is -3.26. The molecule has 3 atom stereocenters. The van der Waals surface area contributed by atoms with E-state index < -0.39 is 34.5 Å². The van der Waals surface area contributed by atoms with Gasteiger partial charge in [-0.1, -0.05) is 73.2 Å². The van der Waals surface area contributed by atoms with Gasteiger partial charge in [0, 0.05) is 12.3 Å². The van der Waals surface area contributed by atoms with E-state index in [9.17, 15) is 19.5 Å². The molecular formula is C31H38N2O5S. The maximum absolute atomic E-state index is 13.9. The van der Waals surface area contributed by atoms with E-state index in [1.807, 2.05) is 18.2 Å². The third kappa shape index (κ3) is 7.24. The molecule has 2 aliphatic rings. The number of benzene rings is 2. The summed E-state index contributed by atoms with van der Waals surface area (Å²) in [6, 6.07) is 16.5. The number of carboxylic acids is 1. The zero-order chi connectivity index (χ0) is 28.0. The average molecular weight is 551 g/mol. The molecule has 2 heterocycles. The third-order valence-corrected chi connectivity index (χ3v) is 8.58. The fraction of sp³-hybridized carbons (Fsp3) is 0.452. The molecule has 2 bridgehead atoms. The van der Waals surface area contributed by atoms with Crippen LogP contribution in [0.3, 0.4) is 0 Å². The lowest BCUT2D eigenvalue weighted by molar-refractivity contribution is -0.149. The fourth-order valence-electron chi connectivity index (χ4n) is 5.23. The number of carboxylic acid groups (broad SMARTS) is 1. The quantitative estimate of drug-likeness (QED) is 0.454. The second-order valence-corrected chi connectivity index (χ2v) is 12.6. The summed E-state index contributed by atoms with van der Waals surface area (Å²) >= 11 is 1.68. The largest absolute Gasteiger partial charge is 0.480 e. The SMILES string of the molecule is CC(C)(C)OC(=O)N[C@H]1CCCC/C=C\CS[C@@]2(c3ccc(-c4ccccc4)cc3)C[C@@H](C(=O)O)N(C2)C1=O. The van der Waals surface area contributed by atoms with Crippen molar-refractivity contribution in [3.63, 3.8) is 0 Å². The van der Waals surface area contributed by atoms with Crippen molar-refractivity contribution >= 4 is 29.7 Å². The zero-order valence-electron chi connectivity index (χ0n) is 22.9. The van der Waals surface area contributed by atoms with Crippen LogP contribution in [0, 0.1) is 0 Å². The number of carbonyl (C=O) groups excluding carboxylic acids is 2. The number of thioether (sulfide) groups is 1. The number of alkyl carbamates (subject to hydrolysis) is 1. The molecule has 2 N–H and O–H groups in total. The zero-order valence-corrected chi connectivity index (χ0v) is 23.7. The highest BCUT2D eigenvalue weighted by Crippen LogP contribution is 2.48. The summed E-state index contributed by atoms with van der Waals surface area (Å²) in [4.78, 5) is 40.5. The van der Waals surface area contributed by atoms with Crippen molar-refractivity contribution in [2.24, 2.45) is 0 Å². The number of hydrogen-bond acceptors (Lipinski definition) is 5. The van der Waals surface area contributed by atoms with Crippen LogP contribution in [-0.4, -0.2) is 58.0 Å². The van der Waals surface area contributed by atoms with E-state index in [0.717, 1.165) is 36.0 Å². The van der Waals surface area contributed by atoms with Gasteiger partial charge in [-0.2, -0.15) is 0 Å². The fourth-order valence-corrected chi connectivity index (χ4v) is 6.59. The lowest BCUT2D eigenvalue weighted by Crippen LogP contribution is -2.52. The number of rotatable bonds is 4. The highest BCUT2D eigenvalue weighted by molar-refractivity contribution is 8.00. The Morgan fingerprint density at radius 2 is 1.72 bits per heavy atom. The Labute approximate surface area is 235 Å². The maximum atomic E-state index is 13.9. The van der Waals surface area contributed by atoms with Crippen molar-refractivity contribution in [1.29, 1.82) is 0 Å². The summed E-state index contributed by atoms with van der Waals surface area (Å²) in [7, 11) is 0. The van der Waals surface area contributed by atoms with Crippen LogP contribution in [0.4, 0.5) is 4.79 Å². The van der Waals surface area contributed by atoms with Crippen molar-refractivity contribution < 1.29 is 24.2 Å². The molecule has 39 heavy (non-hydrogen) atoms. The Morgan fingerprint density at radius 1 is 1.03 bits per heavy atom. The summed E-state index contributed by atoms with van der Waals surface area (Å²) in [6.07, 6.45) is 6.80. The molecule has 1 saturated heterocycles. The Bertz CT molecular complexity index is 1190. The van der Waals surface area contributed by atoms with E-state index >= 15 is 0 Å². The predicted molar refractivity (Wildman–Crippen MR) is 155 cm³/mol. The van der Waals surface area contributed by atoms with Gasteiger partial charge >= 0.3 is 12.1 Å². The van der Waals surface area contributed by atoms with Crippen LogP contribution in [0.2, 0.25) is 0 Å². The number of nitrogens with one attached hydrogen (secondary N) is 1. The van der Waals surface area contributed by atoms with Gasteiger partial charge in [-0.3, -0.25) is 4.79 Å². The van der Waals surface area contributed by atoms with E-state index in [1.165, 1.54) is 4.90 Å². The molecule has 0 aliphatic carbocycles. The van der Waals surface area contributed by atoms with E-state index in [2.05, 4.69) is 53.9 Å². The molecule has 1 fully saturated rings. The van der Waals surface area contributed by atoms with Crippen LogP contribution in [0.5, 0.6) is 0 Å². The van der Waals surface area contributed by atoms with Gasteiger partial charge in [0.1, 0.15) is 17.7 Å². The molecule has 2 amide bonds. The molecule has 2 aliphatic heterocycles. The molecule has 0 radical (unpaired) electrons. The minimum atomic E-state index is -1.04. The smallest absolute Gasteiger partial charge is 0.408 e. The Kier molecular flexibility index (Phi) is 9.05. The van der Waals surface area contributed by atoms with Crippen molar-refractivity contribution in [2.45, 2.75) is 75.3 Å². The molecular weight excluding hydrogens is 512 g/mol. The number of nitrogens with zero attached hydrogens (tertiary/aromatic N) is 1. The number of fused-ring (bicyclic) bond motifs is 2. The first-order valence-corrected chi connectivity index (χ1v) is 14.5. The number of aliphatic carboxylic acids is 1. The second kappa shape index (κ2) is 12.3. The molecule has 2 aromatic rings.